The topological polar surface area (TPSA) is 92.4 Å². The van der Waals surface area contributed by atoms with Crippen LogP contribution in [0.2, 0.25) is 0 Å². The Morgan fingerprint density at radius 3 is 2.25 bits per heavy atom. The summed E-state index contributed by atoms with van der Waals surface area (Å²) in [6, 6.07) is 2.31. The molecule has 0 aliphatic carbocycles. The molecule has 0 saturated carbocycles. The van der Waals surface area contributed by atoms with Crippen molar-refractivity contribution < 1.29 is 28.6 Å². The van der Waals surface area contributed by atoms with Gasteiger partial charge in [0, 0.05) is 12.6 Å². The minimum Gasteiger partial charge on any atom is -0.478 e. The number of halogens is 2. The molecule has 0 unspecified atom stereocenters. The maximum absolute atomic E-state index is 13.8. The number of hydrogen-bond donors (Lipinski definition) is 2. The van der Waals surface area contributed by atoms with Crippen LogP contribution in [0.5, 0.6) is 0 Å². The number of nitrogens with zero attached hydrogens (tertiary/aromatic N) is 2. The third-order valence-corrected chi connectivity index (χ3v) is 2.66. The highest BCUT2D eigenvalue weighted by Crippen LogP contribution is 2.26. The smallest absolute Gasteiger partial charge is 0.356 e. The first-order chi connectivity index (χ1) is 9.31. The fourth-order valence-corrected chi connectivity index (χ4v) is 1.73. The van der Waals surface area contributed by atoms with Crippen molar-refractivity contribution in [3.8, 4) is 11.3 Å². The number of carboxylic acids is 2. The van der Waals surface area contributed by atoms with E-state index in [2.05, 4.69) is 5.10 Å². The Labute approximate surface area is 110 Å². The lowest BCUT2D eigenvalue weighted by atomic mass is 10.1. The number of aromatic carboxylic acids is 2. The Morgan fingerprint density at radius 1 is 1.10 bits per heavy atom. The van der Waals surface area contributed by atoms with Gasteiger partial charge in [-0.1, -0.05) is 0 Å². The van der Waals surface area contributed by atoms with Gasteiger partial charge in [-0.15, -0.1) is 0 Å². The molecule has 104 valence electrons. The standard InChI is InChI=1S/C12H8F2N2O4/c1-16-10(4-9(15-16)12(19)20)5-2-8(14)6(11(17)18)3-7(5)13/h2-4H,1H3,(H,17,18)(H,19,20). The molecular weight excluding hydrogens is 274 g/mol. The van der Waals surface area contributed by atoms with Gasteiger partial charge in [-0.05, 0) is 18.2 Å². The van der Waals surface area contributed by atoms with Crippen LogP contribution < -0.4 is 0 Å². The Hall–Kier alpha value is -2.77. The first kappa shape index (κ1) is 13.7. The van der Waals surface area contributed by atoms with Crippen LogP contribution in [0.1, 0.15) is 20.8 Å². The van der Waals surface area contributed by atoms with Crippen LogP contribution in [0.4, 0.5) is 8.78 Å². The highest BCUT2D eigenvalue weighted by molar-refractivity contribution is 5.89. The van der Waals surface area contributed by atoms with Crippen molar-refractivity contribution in [2.24, 2.45) is 7.05 Å². The van der Waals surface area contributed by atoms with Gasteiger partial charge in [-0.25, -0.2) is 18.4 Å². The number of carboxylic acid groups (broad SMARTS) is 2. The van der Waals surface area contributed by atoms with E-state index in [9.17, 15) is 18.4 Å². The van der Waals surface area contributed by atoms with Gasteiger partial charge in [-0.2, -0.15) is 5.10 Å². The lowest BCUT2D eigenvalue weighted by Gasteiger charge is -2.05. The van der Waals surface area contributed by atoms with Crippen molar-refractivity contribution >= 4 is 11.9 Å². The SMILES string of the molecule is Cn1nc(C(=O)O)cc1-c1cc(F)c(C(=O)O)cc1F. The highest BCUT2D eigenvalue weighted by Gasteiger charge is 2.20. The number of benzene rings is 1. The summed E-state index contributed by atoms with van der Waals surface area (Å²) in [6.07, 6.45) is 0. The molecule has 8 heteroatoms. The van der Waals surface area contributed by atoms with Gasteiger partial charge < -0.3 is 10.2 Å². The lowest BCUT2D eigenvalue weighted by molar-refractivity contribution is 0.0679. The summed E-state index contributed by atoms with van der Waals surface area (Å²) in [5, 5.41) is 21.1. The zero-order chi connectivity index (χ0) is 15.0. The monoisotopic (exact) mass is 282 g/mol. The van der Waals surface area contributed by atoms with Gasteiger partial charge in [-0.3, -0.25) is 4.68 Å². The van der Waals surface area contributed by atoms with Crippen molar-refractivity contribution in [1.29, 1.82) is 0 Å². The van der Waals surface area contributed by atoms with Gasteiger partial charge in [0.05, 0.1) is 11.3 Å². The van der Waals surface area contributed by atoms with E-state index < -0.39 is 29.1 Å². The third kappa shape index (κ3) is 2.22. The molecule has 0 amide bonds. The molecule has 20 heavy (non-hydrogen) atoms. The van der Waals surface area contributed by atoms with E-state index in [0.717, 1.165) is 10.7 Å². The summed E-state index contributed by atoms with van der Waals surface area (Å²) in [5.74, 6) is -5.00. The number of hydrogen-bond acceptors (Lipinski definition) is 3. The quantitative estimate of drug-likeness (QED) is 0.894. The largest absolute Gasteiger partial charge is 0.478 e. The predicted molar refractivity (Wildman–Crippen MR) is 62.5 cm³/mol. The fourth-order valence-electron chi connectivity index (χ4n) is 1.73. The summed E-state index contributed by atoms with van der Waals surface area (Å²) in [5.41, 5.74) is -1.37. The maximum atomic E-state index is 13.8. The summed E-state index contributed by atoms with van der Waals surface area (Å²) in [4.78, 5) is 21.5. The molecule has 2 aromatic rings. The molecule has 0 atom stereocenters. The Balaban J connectivity index is 2.62. The summed E-state index contributed by atoms with van der Waals surface area (Å²) < 4.78 is 28.5. The third-order valence-electron chi connectivity index (χ3n) is 2.66. The average Bonchev–Trinajstić information content (AvgIpc) is 2.73. The second kappa shape index (κ2) is 4.72. The molecule has 1 aromatic carbocycles. The van der Waals surface area contributed by atoms with Crippen molar-refractivity contribution in [2.75, 3.05) is 0 Å². The molecule has 2 rings (SSSR count). The molecule has 0 aliphatic rings. The molecule has 2 N–H and O–H groups in total. The average molecular weight is 282 g/mol. The number of aromatic nitrogens is 2. The zero-order valence-corrected chi connectivity index (χ0v) is 10.1. The van der Waals surface area contributed by atoms with Crippen molar-refractivity contribution in [3.05, 3.63) is 41.1 Å². The summed E-state index contributed by atoms with van der Waals surface area (Å²) in [7, 11) is 1.37. The van der Waals surface area contributed by atoms with Crippen molar-refractivity contribution in [1.82, 2.24) is 9.78 Å². The Morgan fingerprint density at radius 2 is 1.75 bits per heavy atom. The van der Waals surface area contributed by atoms with E-state index in [4.69, 9.17) is 10.2 Å². The summed E-state index contributed by atoms with van der Waals surface area (Å²) in [6.45, 7) is 0. The first-order valence-corrected chi connectivity index (χ1v) is 5.31. The van der Waals surface area contributed by atoms with E-state index in [1.807, 2.05) is 0 Å². The highest BCUT2D eigenvalue weighted by atomic mass is 19.1. The molecular formula is C12H8F2N2O4. The van der Waals surface area contributed by atoms with E-state index in [-0.39, 0.29) is 17.0 Å². The second-order valence-corrected chi connectivity index (χ2v) is 3.96. The number of carbonyl (C=O) groups is 2. The molecule has 0 saturated heterocycles. The van der Waals surface area contributed by atoms with Crippen molar-refractivity contribution in [2.45, 2.75) is 0 Å². The minimum atomic E-state index is -1.59. The Kier molecular flexibility index (Phi) is 3.23. The van der Waals surface area contributed by atoms with E-state index in [1.54, 1.807) is 0 Å². The van der Waals surface area contributed by atoms with Gasteiger partial charge in [0.15, 0.2) is 5.69 Å². The number of aryl methyl sites for hydroxylation is 1. The lowest BCUT2D eigenvalue weighted by Crippen LogP contribution is -2.04. The Bertz CT molecular complexity index is 724. The van der Waals surface area contributed by atoms with E-state index in [0.29, 0.717) is 12.1 Å². The molecule has 0 spiro atoms. The minimum absolute atomic E-state index is 0.0238. The van der Waals surface area contributed by atoms with Gasteiger partial charge >= 0.3 is 11.9 Å². The van der Waals surface area contributed by atoms with Crippen LogP contribution in [0.25, 0.3) is 11.3 Å². The van der Waals surface area contributed by atoms with Crippen LogP contribution in [-0.4, -0.2) is 31.9 Å². The van der Waals surface area contributed by atoms with Crippen LogP contribution in [0, 0.1) is 11.6 Å². The van der Waals surface area contributed by atoms with Gasteiger partial charge in [0.1, 0.15) is 11.6 Å². The van der Waals surface area contributed by atoms with E-state index >= 15 is 0 Å². The molecule has 0 bridgehead atoms. The maximum Gasteiger partial charge on any atom is 0.356 e. The molecule has 0 radical (unpaired) electrons. The van der Waals surface area contributed by atoms with E-state index in [1.165, 1.54) is 7.05 Å². The van der Waals surface area contributed by atoms with Crippen LogP contribution in [0.3, 0.4) is 0 Å². The predicted octanol–water partition coefficient (Wildman–Crippen LogP) is 1.76. The van der Waals surface area contributed by atoms with Crippen molar-refractivity contribution in [3.63, 3.8) is 0 Å². The van der Waals surface area contributed by atoms with Gasteiger partial charge in [0.25, 0.3) is 0 Å². The van der Waals surface area contributed by atoms with Crippen LogP contribution >= 0.6 is 0 Å². The molecule has 6 nitrogen and oxygen atoms in total. The summed E-state index contributed by atoms with van der Waals surface area (Å²) >= 11 is 0. The zero-order valence-electron chi connectivity index (χ0n) is 10.1. The second-order valence-electron chi connectivity index (χ2n) is 3.96. The number of rotatable bonds is 3. The van der Waals surface area contributed by atoms with Crippen LogP contribution in [0.15, 0.2) is 18.2 Å². The molecule has 0 aliphatic heterocycles. The normalized spacial score (nSPS) is 10.6. The molecule has 1 aromatic heterocycles. The van der Waals surface area contributed by atoms with Gasteiger partial charge in [0.2, 0.25) is 0 Å². The fraction of sp³-hybridized carbons (Fsp3) is 0.0833. The molecule has 0 fully saturated rings. The molecule has 1 heterocycles. The first-order valence-electron chi connectivity index (χ1n) is 5.31. The van der Waals surface area contributed by atoms with Crippen LogP contribution in [-0.2, 0) is 7.05 Å².